The second-order valence-electron chi connectivity index (χ2n) is 5.84. The minimum atomic E-state index is -0.188. The lowest BCUT2D eigenvalue weighted by molar-refractivity contribution is 0.0948. The van der Waals surface area contributed by atoms with Gasteiger partial charge in [-0.15, -0.1) is 0 Å². The minimum Gasteiger partial charge on any atom is -0.496 e. The summed E-state index contributed by atoms with van der Waals surface area (Å²) in [6, 6.07) is 5.26. The molecule has 0 spiro atoms. The van der Waals surface area contributed by atoms with Gasteiger partial charge in [0.25, 0.3) is 11.5 Å². The predicted molar refractivity (Wildman–Crippen MR) is 90.5 cm³/mol. The molecule has 0 atom stereocenters. The maximum atomic E-state index is 12.7. The molecule has 2 aromatic rings. The van der Waals surface area contributed by atoms with Crippen molar-refractivity contribution in [2.24, 2.45) is 0 Å². The summed E-state index contributed by atoms with van der Waals surface area (Å²) in [5.41, 5.74) is 2.29. The number of carbonyl (C=O) groups excluding carboxylic acids is 1. The molecule has 1 N–H and O–H groups in total. The molecular weight excluding hydrogens is 306 g/mol. The highest BCUT2D eigenvalue weighted by Gasteiger charge is 2.23. The molecule has 0 bridgehead atoms. The van der Waals surface area contributed by atoms with E-state index in [-0.39, 0.29) is 11.5 Å². The van der Waals surface area contributed by atoms with Crippen molar-refractivity contribution >= 4 is 5.91 Å². The van der Waals surface area contributed by atoms with Gasteiger partial charge in [-0.05, 0) is 43.4 Å². The molecule has 126 valence electrons. The van der Waals surface area contributed by atoms with Crippen molar-refractivity contribution in [1.82, 2.24) is 14.9 Å². The van der Waals surface area contributed by atoms with Crippen LogP contribution in [0.2, 0.25) is 0 Å². The van der Waals surface area contributed by atoms with Gasteiger partial charge in [0.05, 0.1) is 7.11 Å². The molecule has 0 aliphatic carbocycles. The first-order valence-electron chi connectivity index (χ1n) is 8.18. The van der Waals surface area contributed by atoms with Crippen molar-refractivity contribution in [3.05, 3.63) is 57.8 Å². The van der Waals surface area contributed by atoms with Crippen LogP contribution < -0.4 is 15.6 Å². The zero-order valence-corrected chi connectivity index (χ0v) is 13.7. The molecule has 1 aliphatic rings. The summed E-state index contributed by atoms with van der Waals surface area (Å²) >= 11 is 0. The number of nitrogens with zero attached hydrogens (tertiary/aromatic N) is 2. The molecule has 0 fully saturated rings. The van der Waals surface area contributed by atoms with Crippen LogP contribution in [0.5, 0.6) is 5.75 Å². The Bertz CT molecular complexity index is 784. The van der Waals surface area contributed by atoms with Gasteiger partial charge in [-0.2, -0.15) is 0 Å². The Morgan fingerprint density at radius 1 is 1.33 bits per heavy atom. The Balaban J connectivity index is 1.80. The van der Waals surface area contributed by atoms with Crippen LogP contribution in [0, 0.1) is 0 Å². The topological polar surface area (TPSA) is 73.2 Å². The molecule has 1 aliphatic heterocycles. The van der Waals surface area contributed by atoms with E-state index in [1.807, 2.05) is 12.1 Å². The second-order valence-corrected chi connectivity index (χ2v) is 5.84. The molecule has 24 heavy (non-hydrogen) atoms. The highest BCUT2D eigenvalue weighted by Crippen LogP contribution is 2.24. The van der Waals surface area contributed by atoms with Crippen LogP contribution in [0.4, 0.5) is 0 Å². The molecule has 0 radical (unpaired) electrons. The monoisotopic (exact) mass is 327 g/mol. The third-order valence-corrected chi connectivity index (χ3v) is 4.32. The fraction of sp³-hybridized carbons (Fsp3) is 0.389. The van der Waals surface area contributed by atoms with Crippen molar-refractivity contribution in [3.8, 4) is 5.75 Å². The van der Waals surface area contributed by atoms with Gasteiger partial charge in [0.15, 0.2) is 0 Å². The molecular formula is C18H21N3O3. The highest BCUT2D eigenvalue weighted by molar-refractivity contribution is 5.98. The lowest BCUT2D eigenvalue weighted by atomic mass is 10.0. The maximum Gasteiger partial charge on any atom is 0.256 e. The second kappa shape index (κ2) is 7.29. The quantitative estimate of drug-likeness (QED) is 0.904. The van der Waals surface area contributed by atoms with Gasteiger partial charge in [0.1, 0.15) is 11.3 Å². The van der Waals surface area contributed by atoms with Crippen LogP contribution in [-0.2, 0) is 19.4 Å². The van der Waals surface area contributed by atoms with Crippen molar-refractivity contribution in [2.45, 2.75) is 32.2 Å². The van der Waals surface area contributed by atoms with Gasteiger partial charge >= 0.3 is 0 Å². The van der Waals surface area contributed by atoms with Crippen molar-refractivity contribution in [2.75, 3.05) is 13.7 Å². The van der Waals surface area contributed by atoms with Crippen LogP contribution in [0.15, 0.2) is 35.4 Å². The number of nitrogens with one attached hydrogen (secondary N) is 1. The molecule has 0 saturated heterocycles. The largest absolute Gasteiger partial charge is 0.496 e. The first kappa shape index (κ1) is 16.2. The number of hydrogen-bond donors (Lipinski definition) is 1. The lowest BCUT2D eigenvalue weighted by Crippen LogP contribution is -2.33. The number of methoxy groups -OCH3 is 1. The Morgan fingerprint density at radius 3 is 2.88 bits per heavy atom. The van der Waals surface area contributed by atoms with Gasteiger partial charge in [0.2, 0.25) is 0 Å². The maximum absolute atomic E-state index is 12.7. The van der Waals surface area contributed by atoms with Gasteiger partial charge in [-0.25, -0.2) is 0 Å². The van der Waals surface area contributed by atoms with E-state index >= 15 is 0 Å². The van der Waals surface area contributed by atoms with Crippen LogP contribution >= 0.6 is 0 Å². The molecule has 3 rings (SSSR count). The zero-order valence-electron chi connectivity index (χ0n) is 13.7. The summed E-state index contributed by atoms with van der Waals surface area (Å²) in [5, 5.41) is 2.94. The minimum absolute atomic E-state index is 0.102. The standard InChI is InChI=1S/C18H21N3O3/c1-24-15-12-16(22)21-11-3-2-4-14(21)17(15)18(23)20-10-7-13-5-8-19-9-6-13/h5-6,8-9,12H,2-4,7,10-11H2,1H3,(H,20,23). The number of amides is 1. The van der Waals surface area contributed by atoms with E-state index in [1.165, 1.54) is 13.2 Å². The fourth-order valence-corrected chi connectivity index (χ4v) is 3.10. The molecule has 6 nitrogen and oxygen atoms in total. The Kier molecular flexibility index (Phi) is 4.93. The van der Waals surface area contributed by atoms with Crippen molar-refractivity contribution in [1.29, 1.82) is 0 Å². The molecule has 0 saturated carbocycles. The van der Waals surface area contributed by atoms with Crippen LogP contribution in [-0.4, -0.2) is 29.1 Å². The molecule has 3 heterocycles. The van der Waals surface area contributed by atoms with Crippen LogP contribution in [0.25, 0.3) is 0 Å². The number of hydrogen-bond acceptors (Lipinski definition) is 4. The van der Waals surface area contributed by atoms with E-state index < -0.39 is 0 Å². The van der Waals surface area contributed by atoms with Gasteiger partial charge in [-0.1, -0.05) is 0 Å². The lowest BCUT2D eigenvalue weighted by Gasteiger charge is -2.22. The summed E-state index contributed by atoms with van der Waals surface area (Å²) in [7, 11) is 1.49. The summed E-state index contributed by atoms with van der Waals surface area (Å²) in [4.78, 5) is 28.8. The first-order valence-corrected chi connectivity index (χ1v) is 8.18. The molecule has 0 unspecified atom stereocenters. The number of carbonyl (C=O) groups is 1. The molecule has 2 aromatic heterocycles. The zero-order chi connectivity index (χ0) is 16.9. The van der Waals surface area contributed by atoms with E-state index in [0.29, 0.717) is 24.4 Å². The normalized spacial score (nSPS) is 13.2. The summed E-state index contributed by atoms with van der Waals surface area (Å²) in [6.45, 7) is 1.18. The number of pyridine rings is 2. The Labute approximate surface area is 140 Å². The van der Waals surface area contributed by atoms with E-state index in [0.717, 1.165) is 36.9 Å². The van der Waals surface area contributed by atoms with E-state index in [2.05, 4.69) is 10.3 Å². The number of rotatable bonds is 5. The summed E-state index contributed by atoms with van der Waals surface area (Å²) in [6.07, 6.45) is 6.86. The van der Waals surface area contributed by atoms with Crippen molar-refractivity contribution in [3.63, 3.8) is 0 Å². The summed E-state index contributed by atoms with van der Waals surface area (Å²) < 4.78 is 6.99. The predicted octanol–water partition coefficient (Wildman–Crippen LogP) is 1.56. The number of fused-ring (bicyclic) bond motifs is 1. The average molecular weight is 327 g/mol. The molecule has 1 amide bonds. The Hall–Kier alpha value is -2.63. The molecule has 6 heteroatoms. The van der Waals surface area contributed by atoms with E-state index in [1.54, 1.807) is 17.0 Å². The van der Waals surface area contributed by atoms with Crippen LogP contribution in [0.1, 0.15) is 34.5 Å². The molecule has 0 aromatic carbocycles. The van der Waals surface area contributed by atoms with Gasteiger partial charge in [0, 0.05) is 37.2 Å². The SMILES string of the molecule is COc1cc(=O)n2c(c1C(=O)NCCc1ccncc1)CCCC2. The first-order chi connectivity index (χ1) is 11.7. The number of ether oxygens (including phenoxy) is 1. The van der Waals surface area contributed by atoms with Crippen LogP contribution in [0.3, 0.4) is 0 Å². The van der Waals surface area contributed by atoms with Gasteiger partial charge in [-0.3, -0.25) is 14.6 Å². The van der Waals surface area contributed by atoms with E-state index in [9.17, 15) is 9.59 Å². The average Bonchev–Trinajstić information content (AvgIpc) is 2.62. The smallest absolute Gasteiger partial charge is 0.256 e. The fourth-order valence-electron chi connectivity index (χ4n) is 3.10. The number of aromatic nitrogens is 2. The highest BCUT2D eigenvalue weighted by atomic mass is 16.5. The van der Waals surface area contributed by atoms with Gasteiger partial charge < -0.3 is 14.6 Å². The van der Waals surface area contributed by atoms with Crippen molar-refractivity contribution < 1.29 is 9.53 Å². The summed E-state index contributed by atoms with van der Waals surface area (Å²) in [5.74, 6) is 0.168. The Morgan fingerprint density at radius 2 is 2.12 bits per heavy atom. The van der Waals surface area contributed by atoms with E-state index in [4.69, 9.17) is 4.74 Å². The third-order valence-electron chi connectivity index (χ3n) is 4.32. The third kappa shape index (κ3) is 3.32.